The minimum absolute atomic E-state index is 0.0439. The molecule has 2 aliphatic rings. The summed E-state index contributed by atoms with van der Waals surface area (Å²) in [7, 11) is 1.42. The highest BCUT2D eigenvalue weighted by Crippen LogP contribution is 2.17. The van der Waals surface area contributed by atoms with E-state index in [1.165, 1.54) is 7.11 Å². The Kier molecular flexibility index (Phi) is 5.79. The molecule has 0 aromatic rings. The minimum Gasteiger partial charge on any atom is -0.469 e. The van der Waals surface area contributed by atoms with Gasteiger partial charge in [-0.2, -0.15) is 0 Å². The number of rotatable bonds is 4. The van der Waals surface area contributed by atoms with Crippen LogP contribution in [0.2, 0.25) is 0 Å². The molecule has 20 heavy (non-hydrogen) atoms. The molecule has 1 N–H and O–H groups in total. The molecule has 0 saturated carbocycles. The summed E-state index contributed by atoms with van der Waals surface area (Å²) in [5, 5.41) is 3.05. The number of esters is 1. The number of hydrogen-bond donors (Lipinski definition) is 1. The maximum Gasteiger partial charge on any atom is 0.309 e. The van der Waals surface area contributed by atoms with Crippen molar-refractivity contribution < 1.29 is 19.1 Å². The summed E-state index contributed by atoms with van der Waals surface area (Å²) in [5.74, 6) is -0.216. The Morgan fingerprint density at radius 1 is 1.30 bits per heavy atom. The fourth-order valence-electron chi connectivity index (χ4n) is 2.88. The molecule has 6 nitrogen and oxygen atoms in total. The van der Waals surface area contributed by atoms with E-state index in [0.717, 1.165) is 45.4 Å². The molecule has 114 valence electrons. The summed E-state index contributed by atoms with van der Waals surface area (Å²) >= 11 is 0. The second-order valence-corrected chi connectivity index (χ2v) is 5.55. The van der Waals surface area contributed by atoms with Gasteiger partial charge in [0.2, 0.25) is 5.91 Å². The second kappa shape index (κ2) is 7.59. The van der Waals surface area contributed by atoms with E-state index in [2.05, 4.69) is 5.32 Å². The molecule has 2 heterocycles. The van der Waals surface area contributed by atoms with E-state index >= 15 is 0 Å². The van der Waals surface area contributed by atoms with Gasteiger partial charge in [-0.25, -0.2) is 0 Å². The molecule has 1 unspecified atom stereocenters. The third-order valence-corrected chi connectivity index (χ3v) is 3.99. The molecule has 0 radical (unpaired) electrons. The van der Waals surface area contributed by atoms with Gasteiger partial charge < -0.3 is 14.8 Å². The highest BCUT2D eigenvalue weighted by molar-refractivity contribution is 5.78. The number of likely N-dealkylation sites (tertiary alicyclic amines) is 1. The first-order valence-electron chi connectivity index (χ1n) is 7.36. The molecular formula is C14H24N2O4. The standard InChI is InChI=1S/C14H24N2O4/c1-19-14(18)11-3-2-6-16(9-11)10-13(17)15-12-4-7-20-8-5-12/h11-12H,2-10H2,1H3,(H,15,17). The fourth-order valence-corrected chi connectivity index (χ4v) is 2.88. The normalized spacial score (nSPS) is 25.1. The van der Waals surface area contributed by atoms with Crippen LogP contribution in [-0.2, 0) is 19.1 Å². The van der Waals surface area contributed by atoms with Crippen LogP contribution in [0.4, 0.5) is 0 Å². The third kappa shape index (κ3) is 4.45. The lowest BCUT2D eigenvalue weighted by Crippen LogP contribution is -2.47. The minimum atomic E-state index is -0.167. The maximum absolute atomic E-state index is 12.0. The summed E-state index contributed by atoms with van der Waals surface area (Å²) < 4.78 is 10.1. The molecule has 0 aromatic heterocycles. The zero-order chi connectivity index (χ0) is 14.4. The zero-order valence-corrected chi connectivity index (χ0v) is 12.1. The van der Waals surface area contributed by atoms with Gasteiger partial charge in [-0.15, -0.1) is 0 Å². The van der Waals surface area contributed by atoms with Crippen molar-refractivity contribution in [3.8, 4) is 0 Å². The molecule has 1 atom stereocenters. The molecule has 2 fully saturated rings. The fraction of sp³-hybridized carbons (Fsp3) is 0.857. The molecule has 2 aliphatic heterocycles. The molecule has 0 bridgehead atoms. The maximum atomic E-state index is 12.0. The Labute approximate surface area is 119 Å². The van der Waals surface area contributed by atoms with E-state index in [4.69, 9.17) is 9.47 Å². The van der Waals surface area contributed by atoms with Gasteiger partial charge in [0.25, 0.3) is 0 Å². The molecule has 6 heteroatoms. The average molecular weight is 284 g/mol. The van der Waals surface area contributed by atoms with Crippen LogP contribution in [0.1, 0.15) is 25.7 Å². The lowest BCUT2D eigenvalue weighted by atomic mass is 9.98. The van der Waals surface area contributed by atoms with Gasteiger partial charge >= 0.3 is 5.97 Å². The van der Waals surface area contributed by atoms with Gasteiger partial charge in [0.15, 0.2) is 0 Å². The van der Waals surface area contributed by atoms with Crippen LogP contribution in [0.3, 0.4) is 0 Å². The van der Waals surface area contributed by atoms with Crippen LogP contribution >= 0.6 is 0 Å². The summed E-state index contributed by atoms with van der Waals surface area (Å²) in [5.41, 5.74) is 0. The van der Waals surface area contributed by atoms with Gasteiger partial charge in [0, 0.05) is 25.8 Å². The zero-order valence-electron chi connectivity index (χ0n) is 12.1. The highest BCUT2D eigenvalue weighted by atomic mass is 16.5. The lowest BCUT2D eigenvalue weighted by molar-refractivity contribution is -0.147. The Balaban J connectivity index is 1.74. The number of ether oxygens (including phenoxy) is 2. The van der Waals surface area contributed by atoms with Crippen LogP contribution < -0.4 is 5.32 Å². The molecule has 0 aliphatic carbocycles. The van der Waals surface area contributed by atoms with E-state index in [1.807, 2.05) is 4.90 Å². The van der Waals surface area contributed by atoms with Crippen LogP contribution in [-0.4, -0.2) is 62.8 Å². The average Bonchev–Trinajstić information content (AvgIpc) is 2.47. The SMILES string of the molecule is COC(=O)C1CCCN(CC(=O)NC2CCOCC2)C1. The number of methoxy groups -OCH3 is 1. The molecule has 0 aromatic carbocycles. The van der Waals surface area contributed by atoms with Crippen molar-refractivity contribution in [3.63, 3.8) is 0 Å². The number of piperidine rings is 1. The molecule has 0 spiro atoms. The van der Waals surface area contributed by atoms with Crippen LogP contribution in [0.15, 0.2) is 0 Å². The van der Waals surface area contributed by atoms with Crippen LogP contribution in [0, 0.1) is 5.92 Å². The second-order valence-electron chi connectivity index (χ2n) is 5.55. The molecule has 2 saturated heterocycles. The summed E-state index contributed by atoms with van der Waals surface area (Å²) in [4.78, 5) is 25.6. The molecular weight excluding hydrogens is 260 g/mol. The Hall–Kier alpha value is -1.14. The van der Waals surface area contributed by atoms with Crippen molar-refractivity contribution in [1.82, 2.24) is 10.2 Å². The van der Waals surface area contributed by atoms with Gasteiger partial charge in [0.1, 0.15) is 0 Å². The van der Waals surface area contributed by atoms with E-state index in [9.17, 15) is 9.59 Å². The van der Waals surface area contributed by atoms with Crippen molar-refractivity contribution in [3.05, 3.63) is 0 Å². The van der Waals surface area contributed by atoms with Gasteiger partial charge in [-0.05, 0) is 32.2 Å². The first-order chi connectivity index (χ1) is 9.69. The Morgan fingerprint density at radius 2 is 2.05 bits per heavy atom. The quantitative estimate of drug-likeness (QED) is 0.745. The first-order valence-corrected chi connectivity index (χ1v) is 7.36. The van der Waals surface area contributed by atoms with Crippen molar-refractivity contribution in [2.75, 3.05) is 40.0 Å². The van der Waals surface area contributed by atoms with Gasteiger partial charge in [-0.1, -0.05) is 0 Å². The number of nitrogens with zero attached hydrogens (tertiary/aromatic N) is 1. The smallest absolute Gasteiger partial charge is 0.309 e. The predicted octanol–water partition coefficient (Wildman–Crippen LogP) is 0.167. The third-order valence-electron chi connectivity index (χ3n) is 3.99. The molecule has 2 rings (SSSR count). The van der Waals surface area contributed by atoms with Crippen molar-refractivity contribution in [2.45, 2.75) is 31.7 Å². The number of nitrogens with one attached hydrogen (secondary N) is 1. The van der Waals surface area contributed by atoms with Crippen molar-refractivity contribution >= 4 is 11.9 Å². The first kappa shape index (κ1) is 15.3. The summed E-state index contributed by atoms with van der Waals surface area (Å²) in [6, 6.07) is 0.234. The van der Waals surface area contributed by atoms with E-state index in [1.54, 1.807) is 0 Å². The number of carbonyl (C=O) groups is 2. The number of carbonyl (C=O) groups excluding carboxylic acids is 2. The van der Waals surface area contributed by atoms with E-state index in [-0.39, 0.29) is 23.8 Å². The summed E-state index contributed by atoms with van der Waals surface area (Å²) in [6.45, 7) is 3.30. The van der Waals surface area contributed by atoms with Gasteiger partial charge in [0.05, 0.1) is 19.6 Å². The number of amides is 1. The van der Waals surface area contributed by atoms with E-state index in [0.29, 0.717) is 13.1 Å². The molecule has 1 amide bonds. The van der Waals surface area contributed by atoms with Crippen LogP contribution in [0.25, 0.3) is 0 Å². The van der Waals surface area contributed by atoms with Crippen molar-refractivity contribution in [2.24, 2.45) is 5.92 Å². The Morgan fingerprint density at radius 3 is 2.75 bits per heavy atom. The topological polar surface area (TPSA) is 67.9 Å². The highest BCUT2D eigenvalue weighted by Gasteiger charge is 2.27. The van der Waals surface area contributed by atoms with Crippen molar-refractivity contribution in [1.29, 1.82) is 0 Å². The largest absolute Gasteiger partial charge is 0.469 e. The lowest BCUT2D eigenvalue weighted by Gasteiger charge is -2.31. The van der Waals surface area contributed by atoms with Crippen LogP contribution in [0.5, 0.6) is 0 Å². The van der Waals surface area contributed by atoms with Gasteiger partial charge in [-0.3, -0.25) is 14.5 Å². The Bertz CT molecular complexity index is 342. The predicted molar refractivity (Wildman–Crippen MR) is 73.2 cm³/mol. The van der Waals surface area contributed by atoms with E-state index < -0.39 is 0 Å². The number of hydrogen-bond acceptors (Lipinski definition) is 5. The summed E-state index contributed by atoms with van der Waals surface area (Å²) in [6.07, 6.45) is 3.56. The monoisotopic (exact) mass is 284 g/mol.